The Hall–Kier alpha value is -0.420. The molecule has 3 nitrogen and oxygen atoms in total. The summed E-state index contributed by atoms with van der Waals surface area (Å²) in [5, 5.41) is 14.4. The Bertz CT molecular complexity index is 350. The molecule has 0 saturated carbocycles. The number of nitrogens with zero attached hydrogens (tertiary/aromatic N) is 1. The molecular formula is C13H22N2OS. The van der Waals surface area contributed by atoms with E-state index in [-0.39, 0.29) is 12.1 Å². The number of rotatable bonds is 4. The molecule has 1 fully saturated rings. The fourth-order valence-electron chi connectivity index (χ4n) is 2.61. The third kappa shape index (κ3) is 2.88. The normalized spacial score (nSPS) is 29.4. The van der Waals surface area contributed by atoms with Gasteiger partial charge in [0.1, 0.15) is 0 Å². The molecule has 2 rings (SSSR count). The number of thiophene rings is 1. The minimum absolute atomic E-state index is 0.137. The predicted molar refractivity (Wildman–Crippen MR) is 72.1 cm³/mol. The van der Waals surface area contributed by atoms with Crippen molar-refractivity contribution < 1.29 is 5.11 Å². The zero-order valence-electron chi connectivity index (χ0n) is 10.6. The van der Waals surface area contributed by atoms with Gasteiger partial charge in [-0.3, -0.25) is 4.90 Å². The molecule has 1 aromatic heterocycles. The maximum absolute atomic E-state index is 10.1. The summed E-state index contributed by atoms with van der Waals surface area (Å²) in [5.41, 5.74) is 7.00. The summed E-state index contributed by atoms with van der Waals surface area (Å²) in [6.07, 6.45) is 1.79. The Morgan fingerprint density at radius 3 is 2.88 bits per heavy atom. The van der Waals surface area contributed by atoms with E-state index in [1.54, 1.807) is 11.3 Å². The molecule has 0 spiro atoms. The minimum Gasteiger partial charge on any atom is -0.389 e. The molecule has 4 heteroatoms. The monoisotopic (exact) mass is 254 g/mol. The summed E-state index contributed by atoms with van der Waals surface area (Å²) in [6.45, 7) is 5.69. The summed E-state index contributed by atoms with van der Waals surface area (Å²) in [4.78, 5) is 2.33. The van der Waals surface area contributed by atoms with Crippen LogP contribution >= 0.6 is 11.3 Å². The van der Waals surface area contributed by atoms with Gasteiger partial charge in [-0.15, -0.1) is 0 Å². The van der Waals surface area contributed by atoms with Crippen LogP contribution in [0, 0.1) is 0 Å². The Balaban J connectivity index is 2.17. The van der Waals surface area contributed by atoms with Crippen molar-refractivity contribution in [2.24, 2.45) is 5.73 Å². The highest BCUT2D eigenvalue weighted by molar-refractivity contribution is 7.07. The van der Waals surface area contributed by atoms with Crippen LogP contribution in [0.5, 0.6) is 0 Å². The van der Waals surface area contributed by atoms with Gasteiger partial charge >= 0.3 is 0 Å². The Labute approximate surface area is 107 Å². The second kappa shape index (κ2) is 5.06. The van der Waals surface area contributed by atoms with Gasteiger partial charge in [-0.1, -0.05) is 6.92 Å². The smallest absolute Gasteiger partial charge is 0.0758 e. The number of hydrogen-bond donors (Lipinski definition) is 2. The van der Waals surface area contributed by atoms with Crippen molar-refractivity contribution in [3.8, 4) is 0 Å². The van der Waals surface area contributed by atoms with Gasteiger partial charge in [-0.2, -0.15) is 11.3 Å². The van der Waals surface area contributed by atoms with E-state index in [0.717, 1.165) is 25.9 Å². The van der Waals surface area contributed by atoms with Crippen molar-refractivity contribution in [2.75, 3.05) is 13.1 Å². The van der Waals surface area contributed by atoms with Gasteiger partial charge in [0.15, 0.2) is 0 Å². The molecule has 96 valence electrons. The lowest BCUT2D eigenvalue weighted by Crippen LogP contribution is -2.41. The fourth-order valence-corrected chi connectivity index (χ4v) is 3.30. The lowest BCUT2D eigenvalue weighted by Gasteiger charge is -2.32. The zero-order chi connectivity index (χ0) is 12.5. The lowest BCUT2D eigenvalue weighted by molar-refractivity contribution is 0.0594. The van der Waals surface area contributed by atoms with Gasteiger partial charge in [-0.25, -0.2) is 0 Å². The Kier molecular flexibility index (Phi) is 3.88. The van der Waals surface area contributed by atoms with E-state index in [4.69, 9.17) is 5.73 Å². The summed E-state index contributed by atoms with van der Waals surface area (Å²) >= 11 is 1.71. The second-order valence-electron chi connectivity index (χ2n) is 5.29. The molecule has 1 aliphatic rings. The van der Waals surface area contributed by atoms with E-state index in [2.05, 4.69) is 28.7 Å². The fraction of sp³-hybridized carbons (Fsp3) is 0.692. The van der Waals surface area contributed by atoms with Crippen LogP contribution in [0.2, 0.25) is 0 Å². The molecule has 2 heterocycles. The van der Waals surface area contributed by atoms with E-state index < -0.39 is 5.60 Å². The van der Waals surface area contributed by atoms with Crippen LogP contribution < -0.4 is 5.73 Å². The topological polar surface area (TPSA) is 49.5 Å². The van der Waals surface area contributed by atoms with Crippen molar-refractivity contribution in [3.63, 3.8) is 0 Å². The molecule has 0 radical (unpaired) electrons. The van der Waals surface area contributed by atoms with Crippen molar-refractivity contribution in [2.45, 2.75) is 44.4 Å². The molecule has 0 aromatic carbocycles. The van der Waals surface area contributed by atoms with Gasteiger partial charge in [0, 0.05) is 19.1 Å². The molecule has 1 aliphatic heterocycles. The molecule has 3 atom stereocenters. The van der Waals surface area contributed by atoms with E-state index in [0.29, 0.717) is 0 Å². The molecule has 1 saturated heterocycles. The summed E-state index contributed by atoms with van der Waals surface area (Å²) in [6, 6.07) is 2.54. The number of β-amino-alcohol motifs (C(OH)–C–C–N with tert-alkyl or cyclic N) is 1. The van der Waals surface area contributed by atoms with Gasteiger partial charge < -0.3 is 10.8 Å². The van der Waals surface area contributed by atoms with Crippen LogP contribution in [-0.2, 0) is 0 Å². The maximum atomic E-state index is 10.1. The first-order valence-corrected chi connectivity index (χ1v) is 7.22. The van der Waals surface area contributed by atoms with E-state index in [9.17, 15) is 5.11 Å². The van der Waals surface area contributed by atoms with Crippen LogP contribution in [0.1, 0.15) is 38.3 Å². The SMILES string of the molecule is CCC(N)C(c1ccsc1)N1CCC(C)(O)C1. The second-order valence-corrected chi connectivity index (χ2v) is 6.07. The summed E-state index contributed by atoms with van der Waals surface area (Å²) < 4.78 is 0. The number of nitrogens with two attached hydrogens (primary N) is 1. The average Bonchev–Trinajstić information content (AvgIpc) is 2.89. The van der Waals surface area contributed by atoms with Gasteiger partial charge in [-0.05, 0) is 42.2 Å². The van der Waals surface area contributed by atoms with Crippen molar-refractivity contribution >= 4 is 11.3 Å². The quantitative estimate of drug-likeness (QED) is 0.864. The van der Waals surface area contributed by atoms with E-state index >= 15 is 0 Å². The first kappa shape index (κ1) is 13.0. The average molecular weight is 254 g/mol. The van der Waals surface area contributed by atoms with Gasteiger partial charge in [0.2, 0.25) is 0 Å². The molecule has 0 amide bonds. The first-order chi connectivity index (χ1) is 8.03. The number of aliphatic hydroxyl groups is 1. The van der Waals surface area contributed by atoms with E-state index in [1.807, 2.05) is 6.92 Å². The van der Waals surface area contributed by atoms with Crippen molar-refractivity contribution in [1.82, 2.24) is 4.90 Å². The molecule has 3 unspecified atom stereocenters. The van der Waals surface area contributed by atoms with Crippen LogP contribution in [0.4, 0.5) is 0 Å². The van der Waals surface area contributed by atoms with Gasteiger partial charge in [0.25, 0.3) is 0 Å². The third-order valence-electron chi connectivity index (χ3n) is 3.64. The van der Waals surface area contributed by atoms with Crippen LogP contribution in [0.15, 0.2) is 16.8 Å². The molecule has 3 N–H and O–H groups in total. The third-order valence-corrected chi connectivity index (χ3v) is 4.34. The first-order valence-electron chi connectivity index (χ1n) is 6.27. The summed E-state index contributed by atoms with van der Waals surface area (Å²) in [7, 11) is 0. The standard InChI is InChI=1S/C13H22N2OS/c1-3-11(14)12(10-4-7-17-8-10)15-6-5-13(2,16)9-15/h4,7-8,11-12,16H,3,5-6,9,14H2,1-2H3. The Morgan fingerprint density at radius 2 is 2.41 bits per heavy atom. The summed E-state index contributed by atoms with van der Waals surface area (Å²) in [5.74, 6) is 0. The zero-order valence-corrected chi connectivity index (χ0v) is 11.4. The predicted octanol–water partition coefficient (Wildman–Crippen LogP) is 1.98. The largest absolute Gasteiger partial charge is 0.389 e. The van der Waals surface area contributed by atoms with Crippen LogP contribution in [0.3, 0.4) is 0 Å². The van der Waals surface area contributed by atoms with Gasteiger partial charge in [0.05, 0.1) is 11.6 Å². The highest BCUT2D eigenvalue weighted by Crippen LogP contribution is 2.33. The Morgan fingerprint density at radius 1 is 1.65 bits per heavy atom. The molecule has 0 bridgehead atoms. The van der Waals surface area contributed by atoms with E-state index in [1.165, 1.54) is 5.56 Å². The van der Waals surface area contributed by atoms with Crippen molar-refractivity contribution in [3.05, 3.63) is 22.4 Å². The highest BCUT2D eigenvalue weighted by atomic mass is 32.1. The molecule has 17 heavy (non-hydrogen) atoms. The van der Waals surface area contributed by atoms with Crippen LogP contribution in [0.25, 0.3) is 0 Å². The number of hydrogen-bond acceptors (Lipinski definition) is 4. The maximum Gasteiger partial charge on any atom is 0.0758 e. The lowest BCUT2D eigenvalue weighted by atomic mass is 9.99. The van der Waals surface area contributed by atoms with Crippen LogP contribution in [-0.4, -0.2) is 34.7 Å². The highest BCUT2D eigenvalue weighted by Gasteiger charge is 2.37. The number of likely N-dealkylation sites (tertiary alicyclic amines) is 1. The molecular weight excluding hydrogens is 232 g/mol. The van der Waals surface area contributed by atoms with Crippen molar-refractivity contribution in [1.29, 1.82) is 0 Å². The molecule has 0 aliphatic carbocycles. The molecule has 1 aromatic rings. The minimum atomic E-state index is -0.554.